The number of fused-ring (bicyclic) bond motifs is 1. The van der Waals surface area contributed by atoms with Gasteiger partial charge in [0.05, 0.1) is 5.41 Å². The lowest BCUT2D eigenvalue weighted by atomic mass is 9.84. The number of aromatic nitrogens is 3. The molecule has 6 nitrogen and oxygen atoms in total. The van der Waals surface area contributed by atoms with Gasteiger partial charge in [-0.1, -0.05) is 12.5 Å². The van der Waals surface area contributed by atoms with Crippen molar-refractivity contribution >= 4 is 11.6 Å². The van der Waals surface area contributed by atoms with E-state index < -0.39 is 5.41 Å². The van der Waals surface area contributed by atoms with E-state index in [1.165, 1.54) is 0 Å². The summed E-state index contributed by atoms with van der Waals surface area (Å²) in [4.78, 5) is 12.3. The predicted octanol–water partition coefficient (Wildman–Crippen LogP) is 0.905. The van der Waals surface area contributed by atoms with Gasteiger partial charge in [-0.25, -0.2) is 0 Å². The molecule has 2 atom stereocenters. The number of pyridine rings is 1. The van der Waals surface area contributed by atoms with E-state index >= 15 is 0 Å². The monoisotopic (exact) mass is 287 g/mol. The van der Waals surface area contributed by atoms with Crippen LogP contribution in [0, 0.1) is 5.41 Å². The molecule has 0 spiro atoms. The number of hydrogen-bond donors (Lipinski definition) is 2. The number of nitrogens with one attached hydrogen (secondary N) is 1. The summed E-state index contributed by atoms with van der Waals surface area (Å²) in [5.41, 5.74) is 6.47. The molecule has 6 heteroatoms. The zero-order chi connectivity index (χ0) is 14.9. The highest BCUT2D eigenvalue weighted by Crippen LogP contribution is 2.36. The van der Waals surface area contributed by atoms with E-state index in [1.54, 1.807) is 0 Å². The summed E-state index contributed by atoms with van der Waals surface area (Å²) in [7, 11) is 0. The third kappa shape index (κ3) is 2.51. The van der Waals surface area contributed by atoms with E-state index in [2.05, 4.69) is 15.5 Å². The van der Waals surface area contributed by atoms with Crippen molar-refractivity contribution in [3.05, 3.63) is 30.2 Å². The number of amides is 1. The van der Waals surface area contributed by atoms with Crippen molar-refractivity contribution in [2.75, 3.05) is 6.54 Å². The lowest BCUT2D eigenvalue weighted by molar-refractivity contribution is -0.130. The van der Waals surface area contributed by atoms with Crippen molar-refractivity contribution < 1.29 is 4.79 Å². The molecule has 2 heterocycles. The van der Waals surface area contributed by atoms with Gasteiger partial charge in [0.2, 0.25) is 5.91 Å². The Labute approximate surface area is 123 Å². The number of hydrogen-bond acceptors (Lipinski definition) is 4. The van der Waals surface area contributed by atoms with Gasteiger partial charge in [-0.15, -0.1) is 10.2 Å². The van der Waals surface area contributed by atoms with E-state index in [9.17, 15) is 4.79 Å². The highest BCUT2D eigenvalue weighted by molar-refractivity contribution is 5.83. The van der Waals surface area contributed by atoms with Crippen LogP contribution in [0.4, 0.5) is 0 Å². The average Bonchev–Trinajstić information content (AvgIpc) is 3.05. The standard InChI is InChI=1S/C15H21N5O/c1-15(8-4-5-11(15)16)14(21)17-9-7-13-19-18-12-6-2-3-10-20(12)13/h2-3,6,10-11H,4-5,7-9,16H2,1H3,(H,17,21). The third-order valence-electron chi connectivity index (χ3n) is 4.57. The Morgan fingerprint density at radius 2 is 2.38 bits per heavy atom. The molecule has 2 aromatic heterocycles. The number of rotatable bonds is 4. The Kier molecular flexibility index (Phi) is 3.63. The SMILES string of the molecule is CC1(C(=O)NCCc2nnc3ccccn23)CCCC1N. The Hall–Kier alpha value is -1.95. The molecule has 1 aliphatic rings. The van der Waals surface area contributed by atoms with Crippen LogP contribution in [0.2, 0.25) is 0 Å². The van der Waals surface area contributed by atoms with Gasteiger partial charge in [0.1, 0.15) is 5.82 Å². The topological polar surface area (TPSA) is 85.3 Å². The molecule has 0 aliphatic heterocycles. The smallest absolute Gasteiger partial charge is 0.227 e. The minimum Gasteiger partial charge on any atom is -0.355 e. The van der Waals surface area contributed by atoms with Crippen LogP contribution >= 0.6 is 0 Å². The first-order valence-corrected chi connectivity index (χ1v) is 7.44. The molecule has 1 saturated carbocycles. The maximum atomic E-state index is 12.3. The molecular formula is C15H21N5O. The molecule has 2 aromatic rings. The Balaban J connectivity index is 1.60. The summed E-state index contributed by atoms with van der Waals surface area (Å²) in [6.45, 7) is 2.52. The van der Waals surface area contributed by atoms with Gasteiger partial charge in [0.15, 0.2) is 5.65 Å². The molecule has 2 unspecified atom stereocenters. The minimum absolute atomic E-state index is 0.0357. The first kappa shape index (κ1) is 14.0. The number of nitrogens with zero attached hydrogens (tertiary/aromatic N) is 3. The molecule has 0 bridgehead atoms. The first-order valence-electron chi connectivity index (χ1n) is 7.44. The Morgan fingerprint density at radius 1 is 1.52 bits per heavy atom. The van der Waals surface area contributed by atoms with Crippen molar-refractivity contribution in [1.29, 1.82) is 0 Å². The van der Waals surface area contributed by atoms with Gasteiger partial charge in [0.25, 0.3) is 0 Å². The van der Waals surface area contributed by atoms with Crippen molar-refractivity contribution in [2.24, 2.45) is 11.1 Å². The molecule has 1 fully saturated rings. The second kappa shape index (κ2) is 5.44. The van der Waals surface area contributed by atoms with Crippen molar-refractivity contribution in [3.63, 3.8) is 0 Å². The fourth-order valence-electron chi connectivity index (χ4n) is 3.03. The molecule has 1 aliphatic carbocycles. The molecule has 0 radical (unpaired) electrons. The lowest BCUT2D eigenvalue weighted by Gasteiger charge is -2.27. The van der Waals surface area contributed by atoms with Crippen LogP contribution in [-0.2, 0) is 11.2 Å². The number of nitrogens with two attached hydrogens (primary N) is 1. The fraction of sp³-hybridized carbons (Fsp3) is 0.533. The molecule has 3 rings (SSSR count). The third-order valence-corrected chi connectivity index (χ3v) is 4.57. The van der Waals surface area contributed by atoms with Crippen LogP contribution in [0.5, 0.6) is 0 Å². The molecular weight excluding hydrogens is 266 g/mol. The molecule has 21 heavy (non-hydrogen) atoms. The van der Waals surface area contributed by atoms with E-state index in [1.807, 2.05) is 35.7 Å². The number of carbonyl (C=O) groups excluding carboxylic acids is 1. The van der Waals surface area contributed by atoms with Crippen molar-refractivity contribution in [1.82, 2.24) is 19.9 Å². The van der Waals surface area contributed by atoms with Gasteiger partial charge < -0.3 is 11.1 Å². The largest absolute Gasteiger partial charge is 0.355 e. The Morgan fingerprint density at radius 3 is 3.14 bits per heavy atom. The molecule has 112 valence electrons. The molecule has 1 amide bonds. The summed E-state index contributed by atoms with van der Waals surface area (Å²) in [5, 5.41) is 11.3. The van der Waals surface area contributed by atoms with E-state index in [0.717, 1.165) is 30.7 Å². The average molecular weight is 287 g/mol. The fourth-order valence-corrected chi connectivity index (χ4v) is 3.03. The van der Waals surface area contributed by atoms with Crippen molar-refractivity contribution in [2.45, 2.75) is 38.6 Å². The van der Waals surface area contributed by atoms with Gasteiger partial charge in [-0.05, 0) is 31.9 Å². The predicted molar refractivity (Wildman–Crippen MR) is 79.6 cm³/mol. The zero-order valence-corrected chi connectivity index (χ0v) is 12.2. The van der Waals surface area contributed by atoms with Crippen LogP contribution < -0.4 is 11.1 Å². The maximum absolute atomic E-state index is 12.3. The summed E-state index contributed by atoms with van der Waals surface area (Å²) >= 11 is 0. The number of carbonyl (C=O) groups is 1. The van der Waals surface area contributed by atoms with Gasteiger partial charge in [-0.2, -0.15) is 0 Å². The molecule has 3 N–H and O–H groups in total. The van der Waals surface area contributed by atoms with Gasteiger partial charge in [0, 0.05) is 25.2 Å². The van der Waals surface area contributed by atoms with Crippen LogP contribution in [0.3, 0.4) is 0 Å². The second-order valence-corrected chi connectivity index (χ2v) is 5.97. The van der Waals surface area contributed by atoms with Crippen LogP contribution in [0.25, 0.3) is 5.65 Å². The van der Waals surface area contributed by atoms with Gasteiger partial charge in [-0.3, -0.25) is 9.20 Å². The summed E-state index contributed by atoms with van der Waals surface area (Å²) in [6.07, 6.45) is 5.41. The maximum Gasteiger partial charge on any atom is 0.227 e. The van der Waals surface area contributed by atoms with Gasteiger partial charge >= 0.3 is 0 Å². The second-order valence-electron chi connectivity index (χ2n) is 5.97. The summed E-state index contributed by atoms with van der Waals surface area (Å²) in [5.74, 6) is 0.910. The quantitative estimate of drug-likeness (QED) is 0.875. The Bertz CT molecular complexity index is 652. The lowest BCUT2D eigenvalue weighted by Crippen LogP contribution is -2.47. The van der Waals surface area contributed by atoms with Crippen LogP contribution in [-0.4, -0.2) is 33.1 Å². The van der Waals surface area contributed by atoms with E-state index in [4.69, 9.17) is 5.73 Å². The highest BCUT2D eigenvalue weighted by Gasteiger charge is 2.42. The highest BCUT2D eigenvalue weighted by atomic mass is 16.2. The molecule has 0 saturated heterocycles. The van der Waals surface area contributed by atoms with Crippen LogP contribution in [0.15, 0.2) is 24.4 Å². The van der Waals surface area contributed by atoms with E-state index in [-0.39, 0.29) is 11.9 Å². The summed E-state index contributed by atoms with van der Waals surface area (Å²) < 4.78 is 1.94. The summed E-state index contributed by atoms with van der Waals surface area (Å²) in [6, 6.07) is 5.74. The minimum atomic E-state index is -0.424. The normalized spacial score (nSPS) is 25.3. The van der Waals surface area contributed by atoms with Crippen molar-refractivity contribution in [3.8, 4) is 0 Å². The first-order chi connectivity index (χ1) is 10.1. The molecule has 0 aromatic carbocycles. The van der Waals surface area contributed by atoms with E-state index in [0.29, 0.717) is 13.0 Å². The van der Waals surface area contributed by atoms with Crippen LogP contribution in [0.1, 0.15) is 32.0 Å². The zero-order valence-electron chi connectivity index (χ0n) is 12.2.